The minimum absolute atomic E-state index is 0.113. The maximum Gasteiger partial charge on any atom is 0.407 e. The topological polar surface area (TPSA) is 38.3 Å². The van der Waals surface area contributed by atoms with Crippen molar-refractivity contribution in [3.05, 3.63) is 0 Å². The Kier molecular flexibility index (Phi) is 5.74. The van der Waals surface area contributed by atoms with Crippen molar-refractivity contribution in [1.82, 2.24) is 5.32 Å². The van der Waals surface area contributed by atoms with Crippen LogP contribution in [0.15, 0.2) is 0 Å². The van der Waals surface area contributed by atoms with Gasteiger partial charge in [0.25, 0.3) is 0 Å². The Bertz CT molecular complexity index is 310. The highest BCUT2D eigenvalue weighted by molar-refractivity contribution is 5.67. The summed E-state index contributed by atoms with van der Waals surface area (Å²) in [6.45, 7) is 6.76. The molecule has 3 heteroatoms. The largest absolute Gasteiger partial charge is 0.446 e. The average molecular weight is 281 g/mol. The lowest BCUT2D eigenvalue weighted by molar-refractivity contribution is 0.00447. The highest BCUT2D eigenvalue weighted by atomic mass is 16.6. The molecule has 0 aromatic rings. The van der Waals surface area contributed by atoms with Crippen LogP contribution in [-0.4, -0.2) is 18.2 Å². The second kappa shape index (κ2) is 7.33. The summed E-state index contributed by atoms with van der Waals surface area (Å²) in [5.74, 6) is 1.80. The monoisotopic (exact) mass is 281 g/mol. The molecule has 1 amide bonds. The van der Waals surface area contributed by atoms with E-state index in [1.54, 1.807) is 0 Å². The van der Waals surface area contributed by atoms with Gasteiger partial charge in [-0.15, -0.1) is 0 Å². The molecular weight excluding hydrogens is 250 g/mol. The molecule has 0 radical (unpaired) electrons. The number of rotatable bonds is 3. The van der Waals surface area contributed by atoms with Crippen molar-refractivity contribution < 1.29 is 9.53 Å². The number of ether oxygens (including phenoxy) is 1. The summed E-state index contributed by atoms with van der Waals surface area (Å²) in [6, 6.07) is 0.342. The van der Waals surface area contributed by atoms with Crippen LogP contribution in [0.5, 0.6) is 0 Å². The average Bonchev–Trinajstić information content (AvgIpc) is 2.39. The maximum atomic E-state index is 12.1. The Balaban J connectivity index is 1.83. The molecule has 2 saturated carbocycles. The molecular formula is C17H31NO2. The van der Waals surface area contributed by atoms with Crippen LogP contribution in [-0.2, 0) is 4.74 Å². The third-order valence-electron chi connectivity index (χ3n) is 5.15. The van der Waals surface area contributed by atoms with Gasteiger partial charge in [0.15, 0.2) is 0 Å². The van der Waals surface area contributed by atoms with E-state index >= 15 is 0 Å². The van der Waals surface area contributed by atoms with E-state index in [-0.39, 0.29) is 12.2 Å². The lowest BCUT2D eigenvalue weighted by Gasteiger charge is -2.37. The molecule has 20 heavy (non-hydrogen) atoms. The fourth-order valence-corrected chi connectivity index (χ4v) is 3.84. The smallest absolute Gasteiger partial charge is 0.407 e. The fraction of sp³-hybridized carbons (Fsp3) is 0.941. The highest BCUT2D eigenvalue weighted by Crippen LogP contribution is 2.35. The Morgan fingerprint density at radius 3 is 2.45 bits per heavy atom. The molecule has 1 unspecified atom stereocenters. The maximum absolute atomic E-state index is 12.1. The summed E-state index contributed by atoms with van der Waals surface area (Å²) in [5.41, 5.74) is 0. The van der Waals surface area contributed by atoms with Crippen molar-refractivity contribution >= 4 is 6.09 Å². The first-order chi connectivity index (χ1) is 9.56. The van der Waals surface area contributed by atoms with Crippen LogP contribution in [0.25, 0.3) is 0 Å². The van der Waals surface area contributed by atoms with Crippen LogP contribution in [0.3, 0.4) is 0 Å². The summed E-state index contributed by atoms with van der Waals surface area (Å²) in [4.78, 5) is 12.1. The molecule has 2 aliphatic carbocycles. The number of carbonyl (C=O) groups excluding carboxylic acids is 1. The summed E-state index contributed by atoms with van der Waals surface area (Å²) < 4.78 is 5.79. The van der Waals surface area contributed by atoms with Crippen molar-refractivity contribution in [2.75, 3.05) is 0 Å². The van der Waals surface area contributed by atoms with E-state index in [1.165, 1.54) is 32.1 Å². The Morgan fingerprint density at radius 1 is 1.10 bits per heavy atom. The van der Waals surface area contributed by atoms with Gasteiger partial charge in [0.1, 0.15) is 6.10 Å². The molecule has 0 heterocycles. The molecule has 2 fully saturated rings. The summed E-state index contributed by atoms with van der Waals surface area (Å²) in [5, 5.41) is 3.08. The number of hydrogen-bond donors (Lipinski definition) is 1. The number of hydrogen-bond acceptors (Lipinski definition) is 2. The summed E-state index contributed by atoms with van der Waals surface area (Å²) in [7, 11) is 0. The SMILES string of the molecule is CC1CC[C@@H](C(C)C)[C@@H](OC(=O)NC2CCCCC2)C1. The molecule has 0 bridgehead atoms. The van der Waals surface area contributed by atoms with Gasteiger partial charge in [-0.1, -0.05) is 46.5 Å². The van der Waals surface area contributed by atoms with Crippen molar-refractivity contribution in [1.29, 1.82) is 0 Å². The van der Waals surface area contributed by atoms with Gasteiger partial charge < -0.3 is 10.1 Å². The highest BCUT2D eigenvalue weighted by Gasteiger charge is 2.33. The fourth-order valence-electron chi connectivity index (χ4n) is 3.84. The molecule has 3 atom stereocenters. The van der Waals surface area contributed by atoms with E-state index in [1.807, 2.05) is 0 Å². The molecule has 0 spiro atoms. The number of amides is 1. The minimum Gasteiger partial charge on any atom is -0.446 e. The van der Waals surface area contributed by atoms with E-state index < -0.39 is 0 Å². The molecule has 3 nitrogen and oxygen atoms in total. The zero-order chi connectivity index (χ0) is 14.5. The first kappa shape index (κ1) is 15.7. The van der Waals surface area contributed by atoms with Crippen molar-refractivity contribution in [2.24, 2.45) is 17.8 Å². The second-order valence-electron chi connectivity index (χ2n) is 7.25. The van der Waals surface area contributed by atoms with Crippen LogP contribution in [0.2, 0.25) is 0 Å². The van der Waals surface area contributed by atoms with Crippen LogP contribution >= 0.6 is 0 Å². The van der Waals surface area contributed by atoms with E-state index in [4.69, 9.17) is 4.74 Å². The second-order valence-corrected chi connectivity index (χ2v) is 7.25. The molecule has 116 valence electrons. The van der Waals surface area contributed by atoms with Gasteiger partial charge in [-0.05, 0) is 43.4 Å². The number of alkyl carbamates (subject to hydrolysis) is 1. The van der Waals surface area contributed by atoms with Crippen molar-refractivity contribution in [3.63, 3.8) is 0 Å². The lowest BCUT2D eigenvalue weighted by atomic mass is 9.75. The third kappa shape index (κ3) is 4.39. The summed E-state index contributed by atoms with van der Waals surface area (Å²) >= 11 is 0. The first-order valence-electron chi connectivity index (χ1n) is 8.53. The molecule has 0 aliphatic heterocycles. The molecule has 2 aliphatic rings. The third-order valence-corrected chi connectivity index (χ3v) is 5.15. The van der Waals surface area contributed by atoms with E-state index in [9.17, 15) is 4.79 Å². The van der Waals surface area contributed by atoms with Crippen LogP contribution in [0.4, 0.5) is 4.79 Å². The van der Waals surface area contributed by atoms with Crippen molar-refractivity contribution in [2.45, 2.75) is 84.3 Å². The number of carbonyl (C=O) groups is 1. The predicted octanol–water partition coefficient (Wildman–Crippen LogP) is 4.51. The number of nitrogens with one attached hydrogen (secondary N) is 1. The van der Waals surface area contributed by atoms with Gasteiger partial charge in [-0.3, -0.25) is 0 Å². The Morgan fingerprint density at radius 2 is 1.80 bits per heavy atom. The van der Waals surface area contributed by atoms with Crippen LogP contribution in [0, 0.1) is 17.8 Å². The van der Waals surface area contributed by atoms with E-state index in [2.05, 4.69) is 26.1 Å². The van der Waals surface area contributed by atoms with Gasteiger partial charge >= 0.3 is 6.09 Å². The van der Waals surface area contributed by atoms with Gasteiger partial charge in [0.05, 0.1) is 0 Å². The lowest BCUT2D eigenvalue weighted by Crippen LogP contribution is -2.42. The Hall–Kier alpha value is -0.730. The van der Waals surface area contributed by atoms with E-state index in [0.29, 0.717) is 23.8 Å². The van der Waals surface area contributed by atoms with Gasteiger partial charge in [0.2, 0.25) is 0 Å². The molecule has 0 aromatic heterocycles. The van der Waals surface area contributed by atoms with Crippen LogP contribution in [0.1, 0.15) is 72.1 Å². The molecule has 0 aromatic carbocycles. The van der Waals surface area contributed by atoms with Gasteiger partial charge in [-0.2, -0.15) is 0 Å². The van der Waals surface area contributed by atoms with E-state index in [0.717, 1.165) is 19.3 Å². The standard InChI is InChI=1S/C17H31NO2/c1-12(2)15-10-9-13(3)11-16(15)20-17(19)18-14-7-5-4-6-8-14/h12-16H,4-11H2,1-3H3,(H,18,19)/t13?,15-,16-/m0/s1. The zero-order valence-corrected chi connectivity index (χ0v) is 13.4. The van der Waals surface area contributed by atoms with Crippen LogP contribution < -0.4 is 5.32 Å². The summed E-state index contributed by atoms with van der Waals surface area (Å²) in [6.07, 6.45) is 9.44. The van der Waals surface area contributed by atoms with Gasteiger partial charge in [0, 0.05) is 6.04 Å². The Labute approximate surface area is 123 Å². The predicted molar refractivity (Wildman–Crippen MR) is 81.6 cm³/mol. The van der Waals surface area contributed by atoms with Crippen molar-refractivity contribution in [3.8, 4) is 0 Å². The molecule has 2 rings (SSSR count). The normalized spacial score (nSPS) is 32.1. The quantitative estimate of drug-likeness (QED) is 0.826. The molecule has 1 N–H and O–H groups in total. The minimum atomic E-state index is -0.179. The zero-order valence-electron chi connectivity index (χ0n) is 13.4. The van der Waals surface area contributed by atoms with Gasteiger partial charge in [-0.25, -0.2) is 4.79 Å². The molecule has 0 saturated heterocycles. The first-order valence-corrected chi connectivity index (χ1v) is 8.53.